The molecule has 0 aliphatic rings. The Balaban J connectivity index is 2.05. The highest BCUT2D eigenvalue weighted by Crippen LogP contribution is 2.08. The molecule has 0 fully saturated rings. The molecule has 4 nitrogen and oxygen atoms in total. The molecule has 0 aromatic heterocycles. The van der Waals surface area contributed by atoms with Gasteiger partial charge in [-0.25, -0.2) is 0 Å². The van der Waals surface area contributed by atoms with Crippen LogP contribution in [0.2, 0.25) is 0 Å². The van der Waals surface area contributed by atoms with Gasteiger partial charge in [0.2, 0.25) is 0 Å². The second kappa shape index (κ2) is 7.98. The highest BCUT2D eigenvalue weighted by molar-refractivity contribution is 5.94. The minimum absolute atomic E-state index is 0.0483. The Kier molecular flexibility index (Phi) is 5.72. The van der Waals surface area contributed by atoms with Crippen LogP contribution in [0, 0.1) is 0 Å². The van der Waals surface area contributed by atoms with Crippen LogP contribution in [0.15, 0.2) is 60.7 Å². The summed E-state index contributed by atoms with van der Waals surface area (Å²) in [5.74, 6) is -1.02. The zero-order valence-electron chi connectivity index (χ0n) is 12.3. The first-order valence-corrected chi connectivity index (χ1v) is 7.27. The number of amides is 1. The van der Waals surface area contributed by atoms with Gasteiger partial charge in [-0.3, -0.25) is 9.59 Å². The molecule has 0 aliphatic carbocycles. The number of carboxylic acid groups (broad SMARTS) is 1. The van der Waals surface area contributed by atoms with Gasteiger partial charge in [-0.2, -0.15) is 0 Å². The number of hydrogen-bond acceptors (Lipinski definition) is 2. The molecule has 2 rings (SSSR count). The second-order valence-corrected chi connectivity index (χ2v) is 5.04. The molecule has 0 aliphatic heterocycles. The van der Waals surface area contributed by atoms with E-state index in [0.29, 0.717) is 18.5 Å². The van der Waals surface area contributed by atoms with E-state index < -0.39 is 5.97 Å². The van der Waals surface area contributed by atoms with E-state index in [4.69, 9.17) is 5.11 Å². The molecule has 2 aromatic carbocycles. The Labute approximate surface area is 130 Å². The maximum absolute atomic E-state index is 12.5. The summed E-state index contributed by atoms with van der Waals surface area (Å²) >= 11 is 0. The molecule has 0 bridgehead atoms. The number of benzene rings is 2. The smallest absolute Gasteiger partial charge is 0.305 e. The van der Waals surface area contributed by atoms with Gasteiger partial charge in [-0.05, 0) is 24.1 Å². The van der Waals surface area contributed by atoms with E-state index in [0.717, 1.165) is 5.56 Å². The number of hydrogen-bond donors (Lipinski definition) is 1. The molecule has 114 valence electrons. The first-order valence-electron chi connectivity index (χ1n) is 7.27. The van der Waals surface area contributed by atoms with Crippen molar-refractivity contribution >= 4 is 11.9 Å². The molecule has 22 heavy (non-hydrogen) atoms. The SMILES string of the molecule is O=C(O)CCN(CCc1ccccc1)C(=O)c1ccccc1. The first-order chi connectivity index (χ1) is 10.7. The average molecular weight is 297 g/mol. The summed E-state index contributed by atoms with van der Waals surface area (Å²) in [7, 11) is 0. The predicted molar refractivity (Wildman–Crippen MR) is 84.7 cm³/mol. The van der Waals surface area contributed by atoms with Crippen molar-refractivity contribution in [1.82, 2.24) is 4.90 Å². The molecule has 1 N–H and O–H groups in total. The largest absolute Gasteiger partial charge is 0.481 e. The van der Waals surface area contributed by atoms with Crippen LogP contribution in [0.25, 0.3) is 0 Å². The van der Waals surface area contributed by atoms with E-state index in [1.165, 1.54) is 0 Å². The monoisotopic (exact) mass is 297 g/mol. The molecular weight excluding hydrogens is 278 g/mol. The summed E-state index contributed by atoms with van der Waals surface area (Å²) in [4.78, 5) is 24.9. The first kappa shape index (κ1) is 15.8. The molecule has 0 saturated heterocycles. The third-order valence-corrected chi connectivity index (χ3v) is 3.42. The summed E-state index contributed by atoms with van der Waals surface area (Å²) < 4.78 is 0. The summed E-state index contributed by atoms with van der Waals surface area (Å²) in [6.07, 6.45) is 0.659. The summed E-state index contributed by atoms with van der Waals surface area (Å²) in [5.41, 5.74) is 1.71. The second-order valence-electron chi connectivity index (χ2n) is 5.04. The fraction of sp³-hybridized carbons (Fsp3) is 0.222. The topological polar surface area (TPSA) is 57.6 Å². The third-order valence-electron chi connectivity index (χ3n) is 3.42. The van der Waals surface area contributed by atoms with Crippen LogP contribution in [0.3, 0.4) is 0 Å². The Bertz CT molecular complexity index is 611. The third kappa shape index (κ3) is 4.74. The normalized spacial score (nSPS) is 10.2. The van der Waals surface area contributed by atoms with Gasteiger partial charge >= 0.3 is 5.97 Å². The van der Waals surface area contributed by atoms with Crippen molar-refractivity contribution in [2.24, 2.45) is 0 Å². The van der Waals surface area contributed by atoms with Crippen molar-refractivity contribution in [1.29, 1.82) is 0 Å². The molecule has 0 heterocycles. The van der Waals surface area contributed by atoms with Gasteiger partial charge in [0.1, 0.15) is 0 Å². The number of carboxylic acids is 1. The molecule has 4 heteroatoms. The van der Waals surface area contributed by atoms with Crippen LogP contribution >= 0.6 is 0 Å². The lowest BCUT2D eigenvalue weighted by molar-refractivity contribution is -0.137. The molecule has 0 unspecified atom stereocenters. The Morgan fingerprint density at radius 1 is 0.864 bits per heavy atom. The highest BCUT2D eigenvalue weighted by atomic mass is 16.4. The molecule has 1 amide bonds. The van der Waals surface area contributed by atoms with Crippen LogP contribution in [-0.4, -0.2) is 35.0 Å². The van der Waals surface area contributed by atoms with Gasteiger partial charge in [0.05, 0.1) is 6.42 Å². The van der Waals surface area contributed by atoms with Crippen molar-refractivity contribution in [2.75, 3.05) is 13.1 Å². The standard InChI is InChI=1S/C18H19NO3/c20-17(21)12-14-19(13-11-15-7-3-1-4-8-15)18(22)16-9-5-2-6-10-16/h1-10H,11-14H2,(H,20,21). The summed E-state index contributed by atoms with van der Waals surface area (Å²) in [6, 6.07) is 18.8. The van der Waals surface area contributed by atoms with E-state index >= 15 is 0 Å². The Morgan fingerprint density at radius 3 is 2.05 bits per heavy atom. The maximum atomic E-state index is 12.5. The molecule has 0 atom stereocenters. The van der Waals surface area contributed by atoms with E-state index in [1.807, 2.05) is 36.4 Å². The Morgan fingerprint density at radius 2 is 1.45 bits per heavy atom. The van der Waals surface area contributed by atoms with Gasteiger partial charge in [-0.15, -0.1) is 0 Å². The van der Waals surface area contributed by atoms with E-state index in [9.17, 15) is 9.59 Å². The molecule has 0 saturated carbocycles. The zero-order valence-corrected chi connectivity index (χ0v) is 12.3. The maximum Gasteiger partial charge on any atom is 0.305 e. The quantitative estimate of drug-likeness (QED) is 0.855. The number of rotatable bonds is 7. The minimum Gasteiger partial charge on any atom is -0.481 e. The van der Waals surface area contributed by atoms with E-state index in [1.54, 1.807) is 29.2 Å². The lowest BCUT2D eigenvalue weighted by Crippen LogP contribution is -2.34. The molecule has 2 aromatic rings. The minimum atomic E-state index is -0.898. The number of carbonyl (C=O) groups excluding carboxylic acids is 1. The number of aliphatic carboxylic acids is 1. The van der Waals surface area contributed by atoms with Crippen molar-refractivity contribution in [3.05, 3.63) is 71.8 Å². The lowest BCUT2D eigenvalue weighted by atomic mass is 10.1. The van der Waals surface area contributed by atoms with Crippen LogP contribution in [-0.2, 0) is 11.2 Å². The Hall–Kier alpha value is -2.62. The van der Waals surface area contributed by atoms with E-state index in [-0.39, 0.29) is 18.9 Å². The van der Waals surface area contributed by atoms with Gasteiger partial charge in [-0.1, -0.05) is 48.5 Å². The average Bonchev–Trinajstić information content (AvgIpc) is 2.56. The summed E-state index contributed by atoms with van der Waals surface area (Å²) in [5, 5.41) is 8.86. The van der Waals surface area contributed by atoms with Crippen molar-refractivity contribution in [2.45, 2.75) is 12.8 Å². The van der Waals surface area contributed by atoms with E-state index in [2.05, 4.69) is 0 Å². The number of nitrogens with zero attached hydrogens (tertiary/aromatic N) is 1. The van der Waals surface area contributed by atoms with Crippen LogP contribution in [0.4, 0.5) is 0 Å². The van der Waals surface area contributed by atoms with Crippen LogP contribution in [0.5, 0.6) is 0 Å². The van der Waals surface area contributed by atoms with Crippen LogP contribution < -0.4 is 0 Å². The number of carbonyl (C=O) groups is 2. The molecular formula is C18H19NO3. The predicted octanol–water partition coefficient (Wildman–Crippen LogP) is 2.85. The fourth-order valence-electron chi connectivity index (χ4n) is 2.22. The van der Waals surface area contributed by atoms with Crippen LogP contribution in [0.1, 0.15) is 22.3 Å². The van der Waals surface area contributed by atoms with Gasteiger partial charge in [0.25, 0.3) is 5.91 Å². The highest BCUT2D eigenvalue weighted by Gasteiger charge is 2.16. The van der Waals surface area contributed by atoms with Crippen molar-refractivity contribution in [3.8, 4) is 0 Å². The summed E-state index contributed by atoms with van der Waals surface area (Å²) in [6.45, 7) is 0.723. The van der Waals surface area contributed by atoms with Gasteiger partial charge in [0.15, 0.2) is 0 Å². The molecule has 0 spiro atoms. The van der Waals surface area contributed by atoms with Gasteiger partial charge in [0, 0.05) is 18.7 Å². The van der Waals surface area contributed by atoms with Crippen molar-refractivity contribution < 1.29 is 14.7 Å². The zero-order chi connectivity index (χ0) is 15.8. The molecule has 0 radical (unpaired) electrons. The fourth-order valence-corrected chi connectivity index (χ4v) is 2.22. The lowest BCUT2D eigenvalue weighted by Gasteiger charge is -2.22. The van der Waals surface area contributed by atoms with Crippen molar-refractivity contribution in [3.63, 3.8) is 0 Å². The van der Waals surface area contributed by atoms with Gasteiger partial charge < -0.3 is 10.0 Å².